The highest BCUT2D eigenvalue weighted by Crippen LogP contribution is 2.29. The summed E-state index contributed by atoms with van der Waals surface area (Å²) in [6.45, 7) is 2.78. The lowest BCUT2D eigenvalue weighted by Gasteiger charge is -2.18. The lowest BCUT2D eigenvalue weighted by molar-refractivity contribution is -0.115. The van der Waals surface area contributed by atoms with Crippen LogP contribution in [0.2, 0.25) is 0 Å². The summed E-state index contributed by atoms with van der Waals surface area (Å²) < 4.78 is 13.3. The number of para-hydroxylation sites is 1. The molecule has 0 saturated heterocycles. The lowest BCUT2D eigenvalue weighted by Crippen LogP contribution is -2.23. The summed E-state index contributed by atoms with van der Waals surface area (Å²) in [6, 6.07) is 16.1. The van der Waals surface area contributed by atoms with Gasteiger partial charge in [-0.3, -0.25) is 14.6 Å². The smallest absolute Gasteiger partial charge is 0.230 e. The third-order valence-electron chi connectivity index (χ3n) is 3.83. The SMILES string of the molecule is CC(=O)N(c1ccccc1)c1nc(CN(C)Cc2cccc(F)c2)cs1. The summed E-state index contributed by atoms with van der Waals surface area (Å²) >= 11 is 1.44. The van der Waals surface area contributed by atoms with Crippen molar-refractivity contribution in [2.75, 3.05) is 11.9 Å². The zero-order chi connectivity index (χ0) is 18.5. The maximum atomic E-state index is 13.3. The summed E-state index contributed by atoms with van der Waals surface area (Å²) in [5.74, 6) is -0.308. The fraction of sp³-hybridized carbons (Fsp3) is 0.200. The van der Waals surface area contributed by atoms with E-state index in [-0.39, 0.29) is 11.7 Å². The number of aromatic nitrogens is 1. The number of hydrogen-bond acceptors (Lipinski definition) is 4. The van der Waals surface area contributed by atoms with Gasteiger partial charge >= 0.3 is 0 Å². The number of nitrogens with zero attached hydrogens (tertiary/aromatic N) is 3. The van der Waals surface area contributed by atoms with Gasteiger partial charge in [-0.25, -0.2) is 9.37 Å². The average Bonchev–Trinajstić information content (AvgIpc) is 3.03. The van der Waals surface area contributed by atoms with E-state index in [0.29, 0.717) is 18.2 Å². The molecule has 1 heterocycles. The maximum Gasteiger partial charge on any atom is 0.230 e. The molecule has 0 aliphatic rings. The summed E-state index contributed by atoms with van der Waals surface area (Å²) in [6.07, 6.45) is 0. The van der Waals surface area contributed by atoms with Gasteiger partial charge in [0.25, 0.3) is 0 Å². The van der Waals surface area contributed by atoms with E-state index in [4.69, 9.17) is 0 Å². The van der Waals surface area contributed by atoms with Crippen molar-refractivity contribution in [1.29, 1.82) is 0 Å². The van der Waals surface area contributed by atoms with Crippen LogP contribution in [0.3, 0.4) is 0 Å². The summed E-state index contributed by atoms with van der Waals surface area (Å²) in [5, 5.41) is 2.61. The lowest BCUT2D eigenvalue weighted by atomic mass is 10.2. The van der Waals surface area contributed by atoms with Crippen LogP contribution in [0.4, 0.5) is 15.2 Å². The molecule has 0 N–H and O–H groups in total. The monoisotopic (exact) mass is 369 g/mol. The van der Waals surface area contributed by atoms with Gasteiger partial charge in [0.1, 0.15) is 5.82 Å². The second kappa shape index (κ2) is 8.21. The van der Waals surface area contributed by atoms with Crippen molar-refractivity contribution in [3.63, 3.8) is 0 Å². The van der Waals surface area contributed by atoms with Crippen molar-refractivity contribution < 1.29 is 9.18 Å². The molecule has 0 bridgehead atoms. The van der Waals surface area contributed by atoms with Crippen LogP contribution >= 0.6 is 11.3 Å². The zero-order valence-corrected chi connectivity index (χ0v) is 15.5. The van der Waals surface area contributed by atoms with E-state index in [9.17, 15) is 9.18 Å². The molecule has 0 radical (unpaired) electrons. The van der Waals surface area contributed by atoms with Gasteiger partial charge in [-0.15, -0.1) is 11.3 Å². The van der Waals surface area contributed by atoms with Crippen molar-refractivity contribution in [2.24, 2.45) is 0 Å². The second-order valence-corrected chi connectivity index (χ2v) is 6.95. The molecule has 0 aliphatic carbocycles. The Hall–Kier alpha value is -2.57. The number of halogens is 1. The van der Waals surface area contributed by atoms with Crippen LogP contribution in [0.15, 0.2) is 60.0 Å². The first-order valence-electron chi connectivity index (χ1n) is 8.26. The highest BCUT2D eigenvalue weighted by Gasteiger charge is 2.18. The van der Waals surface area contributed by atoms with Crippen LogP contribution in [0.5, 0.6) is 0 Å². The summed E-state index contributed by atoms with van der Waals surface area (Å²) in [5.41, 5.74) is 2.60. The van der Waals surface area contributed by atoms with E-state index in [1.165, 1.54) is 30.4 Å². The number of carbonyl (C=O) groups excluding carboxylic acids is 1. The van der Waals surface area contributed by atoms with Crippen molar-refractivity contribution in [3.8, 4) is 0 Å². The highest BCUT2D eigenvalue weighted by atomic mass is 32.1. The van der Waals surface area contributed by atoms with Gasteiger partial charge in [-0.1, -0.05) is 30.3 Å². The van der Waals surface area contributed by atoms with Crippen LogP contribution < -0.4 is 4.90 Å². The molecule has 1 amide bonds. The first-order chi connectivity index (χ1) is 12.5. The van der Waals surface area contributed by atoms with Gasteiger partial charge in [-0.2, -0.15) is 0 Å². The third-order valence-corrected chi connectivity index (χ3v) is 4.71. The van der Waals surface area contributed by atoms with Crippen LogP contribution in [0, 0.1) is 5.82 Å². The topological polar surface area (TPSA) is 36.4 Å². The second-order valence-electron chi connectivity index (χ2n) is 6.11. The largest absolute Gasteiger partial charge is 0.296 e. The van der Waals surface area contributed by atoms with E-state index >= 15 is 0 Å². The van der Waals surface area contributed by atoms with E-state index < -0.39 is 0 Å². The molecule has 6 heteroatoms. The minimum atomic E-state index is -0.230. The van der Waals surface area contributed by atoms with Gasteiger partial charge in [0.2, 0.25) is 5.91 Å². The van der Waals surface area contributed by atoms with E-state index in [0.717, 1.165) is 16.9 Å². The molecule has 0 fully saturated rings. The Bertz CT molecular complexity index is 882. The minimum Gasteiger partial charge on any atom is -0.296 e. The molecule has 3 aromatic rings. The van der Waals surface area contributed by atoms with Crippen LogP contribution in [0.25, 0.3) is 0 Å². The van der Waals surface area contributed by atoms with Gasteiger partial charge in [0.15, 0.2) is 5.13 Å². The Balaban J connectivity index is 1.71. The number of hydrogen-bond donors (Lipinski definition) is 0. The normalized spacial score (nSPS) is 10.9. The summed E-state index contributed by atoms with van der Waals surface area (Å²) in [4.78, 5) is 20.4. The molecule has 26 heavy (non-hydrogen) atoms. The standard InChI is InChI=1S/C20H20FN3OS/c1-15(25)24(19-9-4-3-5-10-19)20-22-18(14-26-20)13-23(2)12-16-7-6-8-17(21)11-16/h3-11,14H,12-13H2,1-2H3. The quantitative estimate of drug-likeness (QED) is 0.637. The molecular formula is C20H20FN3OS. The molecule has 0 atom stereocenters. The highest BCUT2D eigenvalue weighted by molar-refractivity contribution is 7.14. The molecule has 4 nitrogen and oxygen atoms in total. The number of benzene rings is 2. The Labute approximate surface area is 156 Å². The first-order valence-corrected chi connectivity index (χ1v) is 9.14. The van der Waals surface area contributed by atoms with Gasteiger partial charge < -0.3 is 0 Å². The van der Waals surface area contributed by atoms with Crippen LogP contribution in [-0.2, 0) is 17.9 Å². The molecule has 1 aromatic heterocycles. The van der Waals surface area contributed by atoms with Gasteiger partial charge in [0, 0.05) is 25.4 Å². The first kappa shape index (κ1) is 18.2. The van der Waals surface area contributed by atoms with Crippen LogP contribution in [0.1, 0.15) is 18.2 Å². The number of carbonyl (C=O) groups is 1. The molecule has 0 unspecified atom stereocenters. The molecule has 0 aliphatic heterocycles. The fourth-order valence-electron chi connectivity index (χ4n) is 2.76. The van der Waals surface area contributed by atoms with E-state index in [1.54, 1.807) is 11.0 Å². The molecule has 3 rings (SSSR count). The number of amides is 1. The van der Waals surface area contributed by atoms with Crippen LogP contribution in [-0.4, -0.2) is 22.8 Å². The third kappa shape index (κ3) is 4.53. The molecule has 0 saturated carbocycles. The fourth-order valence-corrected chi connectivity index (χ4v) is 3.63. The van der Waals surface area contributed by atoms with Crippen molar-refractivity contribution >= 4 is 28.1 Å². The Morgan fingerprint density at radius 2 is 1.88 bits per heavy atom. The maximum absolute atomic E-state index is 13.3. The molecular weight excluding hydrogens is 349 g/mol. The summed E-state index contributed by atoms with van der Waals surface area (Å²) in [7, 11) is 1.96. The Morgan fingerprint density at radius 3 is 2.58 bits per heavy atom. The molecule has 134 valence electrons. The zero-order valence-electron chi connectivity index (χ0n) is 14.7. The van der Waals surface area contributed by atoms with Gasteiger partial charge in [0.05, 0.1) is 11.4 Å². The van der Waals surface area contributed by atoms with Crippen molar-refractivity contribution in [3.05, 3.63) is 77.1 Å². The van der Waals surface area contributed by atoms with Gasteiger partial charge in [-0.05, 0) is 36.9 Å². The van der Waals surface area contributed by atoms with Crippen molar-refractivity contribution in [1.82, 2.24) is 9.88 Å². The number of thiazole rings is 1. The average molecular weight is 369 g/mol. The number of rotatable bonds is 6. The van der Waals surface area contributed by atoms with E-state index in [1.807, 2.05) is 48.8 Å². The molecule has 0 spiro atoms. The van der Waals surface area contributed by atoms with Crippen molar-refractivity contribution in [2.45, 2.75) is 20.0 Å². The predicted molar refractivity (Wildman–Crippen MR) is 103 cm³/mol. The predicted octanol–water partition coefficient (Wildman–Crippen LogP) is 4.60. The molecule has 2 aromatic carbocycles. The number of anilines is 2. The Morgan fingerprint density at radius 1 is 1.12 bits per heavy atom. The Kier molecular flexibility index (Phi) is 5.75. The minimum absolute atomic E-state index is 0.0785. The van der Waals surface area contributed by atoms with E-state index in [2.05, 4.69) is 9.88 Å².